The first-order valence-electron chi connectivity index (χ1n) is 9.04. The van der Waals surface area contributed by atoms with Crippen LogP contribution in [0.2, 0.25) is 0 Å². The van der Waals surface area contributed by atoms with E-state index in [0.29, 0.717) is 23.1 Å². The molecule has 7 heteroatoms. The van der Waals surface area contributed by atoms with Crippen LogP contribution in [-0.4, -0.2) is 32.6 Å². The molecule has 3 atom stereocenters. The molecule has 1 saturated heterocycles. The summed E-state index contributed by atoms with van der Waals surface area (Å²) >= 11 is 3.42. The molecule has 1 N–H and O–H groups in total. The van der Waals surface area contributed by atoms with Crippen LogP contribution in [0.3, 0.4) is 0 Å². The van der Waals surface area contributed by atoms with Crippen LogP contribution in [0.15, 0.2) is 28.7 Å². The number of hydrogen-bond acceptors (Lipinski definition) is 4. The number of fused-ring (bicyclic) bond motifs is 1. The number of amides is 1. The van der Waals surface area contributed by atoms with Crippen molar-refractivity contribution in [2.24, 2.45) is 5.92 Å². The van der Waals surface area contributed by atoms with Gasteiger partial charge in [0.1, 0.15) is 17.5 Å². The van der Waals surface area contributed by atoms with E-state index in [0.717, 1.165) is 22.9 Å². The number of halogens is 1. The lowest BCUT2D eigenvalue weighted by Gasteiger charge is -2.29. The third kappa shape index (κ3) is 3.46. The van der Waals surface area contributed by atoms with Gasteiger partial charge in [-0.05, 0) is 51.7 Å². The topological polar surface area (TPSA) is 82.0 Å². The second kappa shape index (κ2) is 6.38. The van der Waals surface area contributed by atoms with Crippen LogP contribution in [0.4, 0.5) is 4.79 Å². The Morgan fingerprint density at radius 1 is 1.33 bits per heavy atom. The molecule has 2 aromatic rings. The highest BCUT2D eigenvalue weighted by molar-refractivity contribution is 9.10. The predicted molar refractivity (Wildman–Crippen MR) is 104 cm³/mol. The number of nitrogens with zero attached hydrogens (tertiary/aromatic N) is 3. The van der Waals surface area contributed by atoms with Gasteiger partial charge in [-0.1, -0.05) is 28.1 Å². The Kier molecular flexibility index (Phi) is 4.26. The van der Waals surface area contributed by atoms with Crippen molar-refractivity contribution in [3.63, 3.8) is 0 Å². The van der Waals surface area contributed by atoms with Crippen LogP contribution in [0.1, 0.15) is 51.2 Å². The quantitative estimate of drug-likeness (QED) is 0.745. The van der Waals surface area contributed by atoms with Gasteiger partial charge in [-0.2, -0.15) is 5.26 Å². The summed E-state index contributed by atoms with van der Waals surface area (Å²) in [6.45, 7) is 5.60. The van der Waals surface area contributed by atoms with Gasteiger partial charge >= 0.3 is 6.09 Å². The van der Waals surface area contributed by atoms with Crippen LogP contribution in [0, 0.1) is 17.2 Å². The summed E-state index contributed by atoms with van der Waals surface area (Å²) in [6.07, 6.45) is 1.56. The standard InChI is InChI=1S/C20H21BrN4O2/c1-20(2,3)27-19(26)25-15-8-12(15)9-16(25)18-23-14(10-22)17(24-18)11-4-6-13(21)7-5-11/h4-7,12,15-16H,8-9H2,1-3H3,(H,23,24). The van der Waals surface area contributed by atoms with E-state index in [1.807, 2.05) is 45.0 Å². The van der Waals surface area contributed by atoms with Gasteiger partial charge in [0.05, 0.1) is 11.7 Å². The summed E-state index contributed by atoms with van der Waals surface area (Å²) in [5.74, 6) is 1.15. The van der Waals surface area contributed by atoms with Crippen LogP contribution < -0.4 is 0 Å². The fraction of sp³-hybridized carbons (Fsp3) is 0.450. The van der Waals surface area contributed by atoms with E-state index in [2.05, 4.69) is 32.0 Å². The number of likely N-dealkylation sites (tertiary alicyclic amines) is 1. The van der Waals surface area contributed by atoms with Gasteiger partial charge in [0.25, 0.3) is 0 Å². The molecule has 2 fully saturated rings. The Balaban J connectivity index is 1.66. The van der Waals surface area contributed by atoms with Gasteiger partial charge in [0.2, 0.25) is 0 Å². The van der Waals surface area contributed by atoms with Gasteiger partial charge in [0.15, 0.2) is 5.69 Å². The first-order valence-corrected chi connectivity index (χ1v) is 9.83. The summed E-state index contributed by atoms with van der Waals surface area (Å²) in [6, 6.07) is 9.92. The van der Waals surface area contributed by atoms with Crippen molar-refractivity contribution < 1.29 is 9.53 Å². The van der Waals surface area contributed by atoms with Gasteiger partial charge in [0, 0.05) is 16.1 Å². The number of nitrogens with one attached hydrogen (secondary N) is 1. The fourth-order valence-corrected chi connectivity index (χ4v) is 4.00. The van der Waals surface area contributed by atoms with Gasteiger partial charge in [-0.25, -0.2) is 9.78 Å². The second-order valence-corrected chi connectivity index (χ2v) is 9.08. The number of hydrogen-bond donors (Lipinski definition) is 1. The molecular weight excluding hydrogens is 408 g/mol. The summed E-state index contributed by atoms with van der Waals surface area (Å²) in [7, 11) is 0. The normalized spacial score (nSPS) is 23.7. The van der Waals surface area contributed by atoms with Gasteiger partial charge in [-0.15, -0.1) is 0 Å². The van der Waals surface area contributed by atoms with Crippen molar-refractivity contribution in [1.82, 2.24) is 14.9 Å². The van der Waals surface area contributed by atoms with Crippen molar-refractivity contribution in [1.29, 1.82) is 5.26 Å². The van der Waals surface area contributed by atoms with E-state index in [1.165, 1.54) is 0 Å². The number of carbonyl (C=O) groups is 1. The van der Waals surface area contributed by atoms with Crippen molar-refractivity contribution >= 4 is 22.0 Å². The Labute approximate surface area is 166 Å². The average molecular weight is 429 g/mol. The Morgan fingerprint density at radius 3 is 2.67 bits per heavy atom. The monoisotopic (exact) mass is 428 g/mol. The molecule has 1 amide bonds. The SMILES string of the molecule is CC(C)(C)OC(=O)N1C(c2nc(C#N)c(-c3ccc(Br)cc3)[nH]2)CC2CC21. The molecule has 1 aromatic heterocycles. The summed E-state index contributed by atoms with van der Waals surface area (Å²) in [5.41, 5.74) is 1.38. The molecule has 0 radical (unpaired) electrons. The zero-order valence-electron chi connectivity index (χ0n) is 15.5. The van der Waals surface area contributed by atoms with E-state index in [1.54, 1.807) is 4.90 Å². The largest absolute Gasteiger partial charge is 0.444 e. The molecule has 1 aromatic carbocycles. The first kappa shape index (κ1) is 18.1. The number of aromatic amines is 1. The molecule has 0 bridgehead atoms. The number of carbonyl (C=O) groups excluding carboxylic acids is 1. The number of H-pyrrole nitrogens is 1. The van der Waals surface area contributed by atoms with Crippen molar-refractivity contribution in [2.75, 3.05) is 0 Å². The molecule has 0 spiro atoms. The van der Waals surface area contributed by atoms with Gasteiger partial charge < -0.3 is 9.72 Å². The molecule has 2 aliphatic rings. The lowest BCUT2D eigenvalue weighted by molar-refractivity contribution is 0.0175. The highest BCUT2D eigenvalue weighted by atomic mass is 79.9. The predicted octanol–water partition coefficient (Wildman–Crippen LogP) is 4.78. The smallest absolute Gasteiger partial charge is 0.411 e. The summed E-state index contributed by atoms with van der Waals surface area (Å²) in [4.78, 5) is 22.4. The maximum absolute atomic E-state index is 12.7. The van der Waals surface area contributed by atoms with Crippen LogP contribution in [0.25, 0.3) is 11.3 Å². The highest BCUT2D eigenvalue weighted by Gasteiger charge is 2.56. The Hall–Kier alpha value is -2.33. The number of benzene rings is 1. The third-order valence-corrected chi connectivity index (χ3v) is 5.51. The number of piperidine rings is 1. The summed E-state index contributed by atoms with van der Waals surface area (Å²) < 4.78 is 6.58. The van der Waals surface area contributed by atoms with Crippen molar-refractivity contribution in [2.45, 2.75) is 51.3 Å². The molecule has 140 valence electrons. The van der Waals surface area contributed by atoms with E-state index in [-0.39, 0.29) is 18.2 Å². The molecule has 4 rings (SSSR count). The lowest BCUT2D eigenvalue weighted by Crippen LogP contribution is -2.38. The van der Waals surface area contributed by atoms with E-state index in [9.17, 15) is 10.1 Å². The average Bonchev–Trinajstić information content (AvgIpc) is 3.05. The van der Waals surface area contributed by atoms with Crippen molar-refractivity contribution in [3.05, 3.63) is 40.3 Å². The number of imidazole rings is 1. The van der Waals surface area contributed by atoms with Crippen molar-refractivity contribution in [3.8, 4) is 17.3 Å². The molecule has 1 saturated carbocycles. The van der Waals surface area contributed by atoms with Gasteiger partial charge in [-0.3, -0.25) is 4.90 Å². The molecular formula is C20H21BrN4O2. The van der Waals surface area contributed by atoms with Crippen LogP contribution in [-0.2, 0) is 4.74 Å². The second-order valence-electron chi connectivity index (χ2n) is 8.17. The molecule has 2 heterocycles. The Morgan fingerprint density at radius 2 is 2.04 bits per heavy atom. The maximum atomic E-state index is 12.7. The van der Waals surface area contributed by atoms with E-state index >= 15 is 0 Å². The Bertz CT molecular complexity index is 923. The number of nitriles is 1. The molecule has 3 unspecified atom stereocenters. The minimum atomic E-state index is -0.543. The maximum Gasteiger partial charge on any atom is 0.411 e. The third-order valence-electron chi connectivity index (χ3n) is 4.99. The zero-order chi connectivity index (χ0) is 19.3. The first-order chi connectivity index (χ1) is 12.8. The molecule has 1 aliphatic carbocycles. The molecule has 27 heavy (non-hydrogen) atoms. The minimum absolute atomic E-state index is 0.181. The zero-order valence-corrected chi connectivity index (χ0v) is 17.1. The van der Waals surface area contributed by atoms with Crippen LogP contribution in [0.5, 0.6) is 0 Å². The lowest BCUT2D eigenvalue weighted by atomic mass is 10.1. The number of aromatic nitrogens is 2. The van der Waals surface area contributed by atoms with E-state index in [4.69, 9.17) is 4.74 Å². The minimum Gasteiger partial charge on any atom is -0.444 e. The summed E-state index contributed by atoms with van der Waals surface area (Å²) in [5, 5.41) is 9.53. The van der Waals surface area contributed by atoms with Crippen LogP contribution >= 0.6 is 15.9 Å². The fourth-order valence-electron chi connectivity index (χ4n) is 3.73. The number of rotatable bonds is 2. The molecule has 6 nitrogen and oxygen atoms in total. The number of ether oxygens (including phenoxy) is 1. The molecule has 1 aliphatic heterocycles. The highest BCUT2D eigenvalue weighted by Crippen LogP contribution is 2.53. The van der Waals surface area contributed by atoms with E-state index < -0.39 is 5.60 Å².